The van der Waals surface area contributed by atoms with Crippen LogP contribution in [0.2, 0.25) is 0 Å². The van der Waals surface area contributed by atoms with Crippen LogP contribution in [0.15, 0.2) is 18.2 Å². The van der Waals surface area contributed by atoms with Crippen molar-refractivity contribution in [3.63, 3.8) is 0 Å². The van der Waals surface area contributed by atoms with Crippen molar-refractivity contribution in [3.8, 4) is 5.75 Å². The van der Waals surface area contributed by atoms with Gasteiger partial charge in [0.25, 0.3) is 0 Å². The third kappa shape index (κ3) is 1.76. The van der Waals surface area contributed by atoms with Crippen molar-refractivity contribution in [2.24, 2.45) is 5.73 Å². The number of carbonyl (C=O) groups is 1. The summed E-state index contributed by atoms with van der Waals surface area (Å²) in [6, 6.07) is 5.17. The van der Waals surface area contributed by atoms with E-state index in [0.29, 0.717) is 13.0 Å². The van der Waals surface area contributed by atoms with Gasteiger partial charge in [-0.05, 0) is 36.6 Å². The number of nitrogens with two attached hydrogens (primary N) is 1. The first kappa shape index (κ1) is 11.0. The summed E-state index contributed by atoms with van der Waals surface area (Å²) in [4.78, 5) is 11.1. The molecule has 1 aromatic carbocycles. The predicted octanol–water partition coefficient (Wildman–Crippen LogP) is 1.14. The van der Waals surface area contributed by atoms with Gasteiger partial charge >= 0.3 is 5.97 Å². The van der Waals surface area contributed by atoms with Crippen molar-refractivity contribution in [1.82, 2.24) is 0 Å². The van der Waals surface area contributed by atoms with Gasteiger partial charge in [-0.2, -0.15) is 0 Å². The van der Waals surface area contributed by atoms with Crippen LogP contribution in [0.4, 0.5) is 0 Å². The number of carboxylic acid groups (broad SMARTS) is 1. The number of benzene rings is 1. The molecule has 1 aliphatic rings. The Kier molecular flexibility index (Phi) is 2.83. The number of fused-ring (bicyclic) bond motifs is 1. The topological polar surface area (TPSA) is 72.5 Å². The molecular weight excluding hydrogens is 206 g/mol. The summed E-state index contributed by atoms with van der Waals surface area (Å²) in [5, 5.41) is 9.09. The van der Waals surface area contributed by atoms with Crippen LogP contribution in [0.1, 0.15) is 24.0 Å². The first-order valence-corrected chi connectivity index (χ1v) is 5.37. The average Bonchev–Trinajstić information content (AvgIpc) is 2.53. The lowest BCUT2D eigenvalue weighted by Crippen LogP contribution is -2.30. The zero-order valence-corrected chi connectivity index (χ0v) is 9.14. The first-order valence-electron chi connectivity index (χ1n) is 5.37. The van der Waals surface area contributed by atoms with Gasteiger partial charge in [-0.15, -0.1) is 0 Å². The lowest BCUT2D eigenvalue weighted by Gasteiger charge is -2.11. The van der Waals surface area contributed by atoms with E-state index in [9.17, 15) is 4.79 Å². The van der Waals surface area contributed by atoms with Gasteiger partial charge in [0.15, 0.2) is 0 Å². The molecule has 0 bridgehead atoms. The molecule has 1 aromatic rings. The second-order valence-corrected chi connectivity index (χ2v) is 3.98. The van der Waals surface area contributed by atoms with Crippen molar-refractivity contribution in [2.45, 2.75) is 25.3 Å². The van der Waals surface area contributed by atoms with E-state index in [2.05, 4.69) is 0 Å². The van der Waals surface area contributed by atoms with Crippen LogP contribution in [0.5, 0.6) is 5.75 Å². The number of carboxylic acids is 1. The Labute approximate surface area is 94.0 Å². The summed E-state index contributed by atoms with van der Waals surface area (Å²) in [6.45, 7) is 2.52. The smallest absolute Gasteiger partial charge is 0.312 e. The van der Waals surface area contributed by atoms with Crippen molar-refractivity contribution in [3.05, 3.63) is 29.3 Å². The highest BCUT2D eigenvalue weighted by molar-refractivity contribution is 5.79. The quantitative estimate of drug-likeness (QED) is 0.802. The van der Waals surface area contributed by atoms with E-state index in [0.717, 1.165) is 16.9 Å². The standard InChI is InChI=1S/C12H15NO3/c1-2-16-8-3-4-9-7(5-8)6-10(13)11(9)12(14)15/h3-5,10-11H,2,6,13H2,1H3,(H,14,15). The van der Waals surface area contributed by atoms with Gasteiger partial charge in [-0.3, -0.25) is 4.79 Å². The fourth-order valence-corrected chi connectivity index (χ4v) is 2.24. The molecule has 16 heavy (non-hydrogen) atoms. The van der Waals surface area contributed by atoms with Gasteiger partial charge in [0.05, 0.1) is 12.5 Å². The van der Waals surface area contributed by atoms with Gasteiger partial charge in [-0.25, -0.2) is 0 Å². The lowest BCUT2D eigenvalue weighted by atomic mass is 9.99. The van der Waals surface area contributed by atoms with Crippen LogP contribution >= 0.6 is 0 Å². The third-order valence-corrected chi connectivity index (χ3v) is 2.91. The number of ether oxygens (including phenoxy) is 1. The summed E-state index contributed by atoms with van der Waals surface area (Å²) in [5.41, 5.74) is 7.65. The van der Waals surface area contributed by atoms with Crippen molar-refractivity contribution in [2.75, 3.05) is 6.61 Å². The molecule has 0 amide bonds. The van der Waals surface area contributed by atoms with Gasteiger partial charge in [0.2, 0.25) is 0 Å². The van der Waals surface area contributed by atoms with E-state index in [-0.39, 0.29) is 6.04 Å². The van der Waals surface area contributed by atoms with Crippen LogP contribution in [0.25, 0.3) is 0 Å². The van der Waals surface area contributed by atoms with Crippen LogP contribution in [-0.2, 0) is 11.2 Å². The van der Waals surface area contributed by atoms with Gasteiger partial charge < -0.3 is 15.6 Å². The summed E-state index contributed by atoms with van der Waals surface area (Å²) in [6.07, 6.45) is 0.604. The zero-order chi connectivity index (χ0) is 11.7. The summed E-state index contributed by atoms with van der Waals surface area (Å²) in [5.74, 6) is -0.652. The normalized spacial score (nSPS) is 22.9. The minimum Gasteiger partial charge on any atom is -0.494 e. The molecule has 3 N–H and O–H groups in total. The molecule has 0 radical (unpaired) electrons. The maximum Gasteiger partial charge on any atom is 0.312 e. The second kappa shape index (κ2) is 4.14. The average molecular weight is 221 g/mol. The largest absolute Gasteiger partial charge is 0.494 e. The van der Waals surface area contributed by atoms with Gasteiger partial charge in [-0.1, -0.05) is 6.07 Å². The molecule has 2 unspecified atom stereocenters. The Balaban J connectivity index is 2.34. The van der Waals surface area contributed by atoms with Crippen LogP contribution in [0, 0.1) is 0 Å². The van der Waals surface area contributed by atoms with Crippen LogP contribution in [0.3, 0.4) is 0 Å². The number of rotatable bonds is 3. The summed E-state index contributed by atoms with van der Waals surface area (Å²) >= 11 is 0. The maximum atomic E-state index is 11.1. The Morgan fingerprint density at radius 2 is 2.38 bits per heavy atom. The van der Waals surface area contributed by atoms with E-state index >= 15 is 0 Å². The Morgan fingerprint density at radius 1 is 1.62 bits per heavy atom. The molecule has 0 saturated carbocycles. The number of hydrogen-bond acceptors (Lipinski definition) is 3. The molecule has 0 aliphatic heterocycles. The molecule has 0 spiro atoms. The monoisotopic (exact) mass is 221 g/mol. The SMILES string of the molecule is CCOc1ccc2c(c1)CC(N)C2C(=O)O. The molecular formula is C12H15NO3. The molecule has 0 fully saturated rings. The highest BCUT2D eigenvalue weighted by atomic mass is 16.5. The zero-order valence-electron chi connectivity index (χ0n) is 9.14. The van der Waals surface area contributed by atoms with E-state index < -0.39 is 11.9 Å². The molecule has 2 rings (SSSR count). The van der Waals surface area contributed by atoms with Crippen molar-refractivity contribution in [1.29, 1.82) is 0 Å². The van der Waals surface area contributed by atoms with E-state index in [1.54, 1.807) is 6.07 Å². The van der Waals surface area contributed by atoms with E-state index in [1.807, 2.05) is 19.1 Å². The first-order chi connectivity index (χ1) is 7.63. The number of aliphatic carboxylic acids is 1. The summed E-state index contributed by atoms with van der Waals surface area (Å²) in [7, 11) is 0. The highest BCUT2D eigenvalue weighted by Crippen LogP contribution is 2.34. The van der Waals surface area contributed by atoms with Crippen molar-refractivity contribution < 1.29 is 14.6 Å². The van der Waals surface area contributed by atoms with E-state index in [1.165, 1.54) is 0 Å². The molecule has 0 aromatic heterocycles. The maximum absolute atomic E-state index is 11.1. The predicted molar refractivity (Wildman–Crippen MR) is 59.7 cm³/mol. The molecule has 4 nitrogen and oxygen atoms in total. The fraction of sp³-hybridized carbons (Fsp3) is 0.417. The lowest BCUT2D eigenvalue weighted by molar-refractivity contribution is -0.139. The molecule has 2 atom stereocenters. The minimum absolute atomic E-state index is 0.329. The summed E-state index contributed by atoms with van der Waals surface area (Å²) < 4.78 is 5.37. The molecule has 1 aliphatic carbocycles. The molecule has 0 heterocycles. The molecule has 4 heteroatoms. The van der Waals surface area contributed by atoms with E-state index in [4.69, 9.17) is 15.6 Å². The van der Waals surface area contributed by atoms with Gasteiger partial charge in [0.1, 0.15) is 5.75 Å². The highest BCUT2D eigenvalue weighted by Gasteiger charge is 2.35. The second-order valence-electron chi connectivity index (χ2n) is 3.98. The molecule has 86 valence electrons. The Hall–Kier alpha value is -1.55. The third-order valence-electron chi connectivity index (χ3n) is 2.91. The van der Waals surface area contributed by atoms with Crippen molar-refractivity contribution >= 4 is 5.97 Å². The Morgan fingerprint density at radius 3 is 3.00 bits per heavy atom. The number of hydrogen-bond donors (Lipinski definition) is 2. The Bertz CT molecular complexity index is 417. The minimum atomic E-state index is -0.851. The fourth-order valence-electron chi connectivity index (χ4n) is 2.24. The van der Waals surface area contributed by atoms with Crippen LogP contribution in [-0.4, -0.2) is 23.7 Å². The van der Waals surface area contributed by atoms with Crippen LogP contribution < -0.4 is 10.5 Å². The van der Waals surface area contributed by atoms with Gasteiger partial charge in [0, 0.05) is 6.04 Å². The molecule has 0 saturated heterocycles.